The predicted molar refractivity (Wildman–Crippen MR) is 77.4 cm³/mol. The number of nitrogens with two attached hydrogens (primary N) is 1. The van der Waals surface area contributed by atoms with Gasteiger partial charge in [-0.25, -0.2) is 0 Å². The Labute approximate surface area is 119 Å². The molecule has 2 fully saturated rings. The van der Waals surface area contributed by atoms with E-state index in [4.69, 9.17) is 10.9 Å². The minimum atomic E-state index is 0.0716. The molecule has 0 aliphatic heterocycles. The van der Waals surface area contributed by atoms with Crippen molar-refractivity contribution < 1.29 is 5.21 Å². The van der Waals surface area contributed by atoms with Crippen LogP contribution in [0.3, 0.4) is 0 Å². The lowest BCUT2D eigenvalue weighted by molar-refractivity contribution is 0.317. The fourth-order valence-electron chi connectivity index (χ4n) is 3.88. The third-order valence-electron chi connectivity index (χ3n) is 4.85. The Hall–Kier alpha value is -1.62. The number of hydrogen-bond acceptors (Lipinski definition) is 4. The molecule has 2 aliphatic rings. The zero-order valence-electron chi connectivity index (χ0n) is 11.6. The lowest BCUT2D eigenvalue weighted by atomic mass is 9.89. The molecule has 0 saturated heterocycles. The average Bonchev–Trinajstić information content (AvgIpc) is 3.09. The van der Waals surface area contributed by atoms with E-state index in [2.05, 4.69) is 15.5 Å². The summed E-state index contributed by atoms with van der Waals surface area (Å²) in [5.74, 6) is 2.82. The van der Waals surface area contributed by atoms with Gasteiger partial charge < -0.3 is 16.3 Å². The standard InChI is InChI=1S/C15H22N4O/c16-15(19-20)14-12(2-1-5-18-14)8-17-9-13-7-10-3-4-11(13)6-10/h1-2,5,10-11,13,17,20H,3-4,6-9H2,(H2,16,19). The van der Waals surface area contributed by atoms with Gasteiger partial charge in [-0.1, -0.05) is 17.6 Å². The molecule has 1 aromatic rings. The van der Waals surface area contributed by atoms with E-state index < -0.39 is 0 Å². The fraction of sp³-hybridized carbons (Fsp3) is 0.600. The SMILES string of the molecule is NC(=NO)c1ncccc1CNCC1CC2CCC1C2. The number of oxime groups is 1. The van der Waals surface area contributed by atoms with Crippen LogP contribution in [-0.2, 0) is 6.54 Å². The van der Waals surface area contributed by atoms with Crippen molar-refractivity contribution in [2.24, 2.45) is 28.6 Å². The van der Waals surface area contributed by atoms with Crippen molar-refractivity contribution in [1.82, 2.24) is 10.3 Å². The first-order valence-electron chi connectivity index (χ1n) is 7.40. The molecule has 2 bridgehead atoms. The van der Waals surface area contributed by atoms with Crippen LogP contribution in [0.25, 0.3) is 0 Å². The van der Waals surface area contributed by atoms with Crippen LogP contribution in [0.4, 0.5) is 0 Å². The summed E-state index contributed by atoms with van der Waals surface area (Å²) in [6.45, 7) is 1.78. The minimum Gasteiger partial charge on any atom is -0.409 e. The van der Waals surface area contributed by atoms with Crippen molar-refractivity contribution in [2.45, 2.75) is 32.2 Å². The predicted octanol–water partition coefficient (Wildman–Crippen LogP) is 1.70. The summed E-state index contributed by atoms with van der Waals surface area (Å²) in [7, 11) is 0. The molecule has 0 spiro atoms. The molecule has 1 aromatic heterocycles. The van der Waals surface area contributed by atoms with Gasteiger partial charge in [-0.3, -0.25) is 4.98 Å². The number of amidine groups is 1. The molecule has 4 N–H and O–H groups in total. The lowest BCUT2D eigenvalue weighted by Gasteiger charge is -2.22. The van der Waals surface area contributed by atoms with Gasteiger partial charge in [0.05, 0.1) is 0 Å². The maximum atomic E-state index is 8.78. The number of pyridine rings is 1. The van der Waals surface area contributed by atoms with Gasteiger partial charge in [0.2, 0.25) is 0 Å². The van der Waals surface area contributed by atoms with E-state index in [0.29, 0.717) is 12.2 Å². The largest absolute Gasteiger partial charge is 0.409 e. The maximum absolute atomic E-state index is 8.78. The second kappa shape index (κ2) is 5.79. The van der Waals surface area contributed by atoms with Crippen molar-refractivity contribution in [3.05, 3.63) is 29.6 Å². The van der Waals surface area contributed by atoms with Gasteiger partial charge >= 0.3 is 0 Å². The number of hydrogen-bond donors (Lipinski definition) is 3. The van der Waals surface area contributed by atoms with E-state index in [0.717, 1.165) is 29.9 Å². The highest BCUT2D eigenvalue weighted by atomic mass is 16.4. The van der Waals surface area contributed by atoms with Crippen molar-refractivity contribution in [3.63, 3.8) is 0 Å². The highest BCUT2D eigenvalue weighted by Gasteiger charge is 2.38. The first-order chi connectivity index (χ1) is 9.78. The zero-order valence-corrected chi connectivity index (χ0v) is 11.6. The quantitative estimate of drug-likeness (QED) is 0.330. The van der Waals surface area contributed by atoms with E-state index in [-0.39, 0.29) is 5.84 Å². The van der Waals surface area contributed by atoms with Gasteiger partial charge in [0.15, 0.2) is 5.84 Å². The number of rotatable bonds is 5. The topological polar surface area (TPSA) is 83.5 Å². The van der Waals surface area contributed by atoms with Gasteiger partial charge in [-0.15, -0.1) is 0 Å². The maximum Gasteiger partial charge on any atom is 0.189 e. The van der Waals surface area contributed by atoms with Gasteiger partial charge in [0.1, 0.15) is 5.69 Å². The number of nitrogens with zero attached hydrogens (tertiary/aromatic N) is 2. The van der Waals surface area contributed by atoms with Crippen LogP contribution in [0.15, 0.2) is 23.5 Å². The lowest BCUT2D eigenvalue weighted by Crippen LogP contribution is -2.27. The molecule has 20 heavy (non-hydrogen) atoms. The number of nitrogens with one attached hydrogen (secondary N) is 1. The Balaban J connectivity index is 1.56. The van der Waals surface area contributed by atoms with Gasteiger partial charge in [-0.05, 0) is 55.2 Å². The Bertz CT molecular complexity index is 502. The average molecular weight is 274 g/mol. The van der Waals surface area contributed by atoms with E-state index in [9.17, 15) is 0 Å². The van der Waals surface area contributed by atoms with Crippen molar-refractivity contribution in [2.75, 3.05) is 6.54 Å². The Morgan fingerprint density at radius 2 is 2.35 bits per heavy atom. The summed E-state index contributed by atoms with van der Waals surface area (Å²) in [6.07, 6.45) is 7.34. The summed E-state index contributed by atoms with van der Waals surface area (Å²) >= 11 is 0. The molecule has 3 unspecified atom stereocenters. The third-order valence-corrected chi connectivity index (χ3v) is 4.85. The first-order valence-corrected chi connectivity index (χ1v) is 7.40. The number of aromatic nitrogens is 1. The summed E-state index contributed by atoms with van der Waals surface area (Å²) in [6, 6.07) is 3.84. The Kier molecular flexibility index (Phi) is 3.87. The summed E-state index contributed by atoms with van der Waals surface area (Å²) in [5.41, 5.74) is 7.19. The van der Waals surface area contributed by atoms with E-state index in [1.165, 1.54) is 25.7 Å². The van der Waals surface area contributed by atoms with Crippen LogP contribution >= 0.6 is 0 Å². The molecule has 0 aromatic carbocycles. The summed E-state index contributed by atoms with van der Waals surface area (Å²) in [5, 5.41) is 15.3. The monoisotopic (exact) mass is 274 g/mol. The molecular formula is C15H22N4O. The molecule has 2 saturated carbocycles. The Morgan fingerprint density at radius 3 is 3.05 bits per heavy atom. The summed E-state index contributed by atoms with van der Waals surface area (Å²) < 4.78 is 0. The van der Waals surface area contributed by atoms with Crippen molar-refractivity contribution >= 4 is 5.84 Å². The molecule has 0 amide bonds. The Morgan fingerprint density at radius 1 is 1.45 bits per heavy atom. The third kappa shape index (κ3) is 2.63. The van der Waals surface area contributed by atoms with E-state index >= 15 is 0 Å². The highest BCUT2D eigenvalue weighted by Crippen LogP contribution is 2.47. The molecule has 5 nitrogen and oxygen atoms in total. The zero-order chi connectivity index (χ0) is 13.9. The smallest absolute Gasteiger partial charge is 0.189 e. The first kappa shape index (κ1) is 13.4. The van der Waals surface area contributed by atoms with Crippen LogP contribution in [-0.4, -0.2) is 22.6 Å². The highest BCUT2D eigenvalue weighted by molar-refractivity contribution is 5.96. The molecule has 2 aliphatic carbocycles. The van der Waals surface area contributed by atoms with Crippen LogP contribution in [0, 0.1) is 17.8 Å². The van der Waals surface area contributed by atoms with Crippen LogP contribution in [0.2, 0.25) is 0 Å². The van der Waals surface area contributed by atoms with Crippen LogP contribution in [0.5, 0.6) is 0 Å². The van der Waals surface area contributed by atoms with E-state index in [1.807, 2.05) is 12.1 Å². The van der Waals surface area contributed by atoms with Crippen LogP contribution in [0.1, 0.15) is 36.9 Å². The summed E-state index contributed by atoms with van der Waals surface area (Å²) in [4.78, 5) is 4.18. The van der Waals surface area contributed by atoms with E-state index in [1.54, 1.807) is 6.20 Å². The molecule has 3 atom stereocenters. The van der Waals surface area contributed by atoms with Crippen LogP contribution < -0.4 is 11.1 Å². The van der Waals surface area contributed by atoms with Gasteiger partial charge in [-0.2, -0.15) is 0 Å². The fourth-order valence-corrected chi connectivity index (χ4v) is 3.88. The van der Waals surface area contributed by atoms with Crippen molar-refractivity contribution in [3.8, 4) is 0 Å². The van der Waals surface area contributed by atoms with Crippen molar-refractivity contribution in [1.29, 1.82) is 0 Å². The molecule has 5 heteroatoms. The minimum absolute atomic E-state index is 0.0716. The van der Waals surface area contributed by atoms with Gasteiger partial charge in [0, 0.05) is 12.7 Å². The number of fused-ring (bicyclic) bond motifs is 2. The molecular weight excluding hydrogens is 252 g/mol. The second-order valence-corrected chi connectivity index (χ2v) is 6.06. The molecule has 108 valence electrons. The van der Waals surface area contributed by atoms with Gasteiger partial charge in [0.25, 0.3) is 0 Å². The second-order valence-electron chi connectivity index (χ2n) is 6.06. The normalized spacial score (nSPS) is 29.0. The molecule has 0 radical (unpaired) electrons. The molecule has 1 heterocycles. The molecule has 3 rings (SSSR count).